The number of rotatable bonds is 4. The minimum absolute atomic E-state index is 0.295. The topological polar surface area (TPSA) is 3.24 Å². The van der Waals surface area contributed by atoms with Gasteiger partial charge in [0, 0.05) is 11.1 Å². The Bertz CT molecular complexity index is 465. The third-order valence-corrected chi connectivity index (χ3v) is 6.08. The number of piperidine rings is 1. The smallest absolute Gasteiger partial charge is 0.0158 e. The highest BCUT2D eigenvalue weighted by atomic mass is 15.2. The average molecular weight is 302 g/mol. The molecule has 1 aromatic carbocycles. The Morgan fingerprint density at radius 2 is 1.55 bits per heavy atom. The monoisotopic (exact) mass is 301 g/mol. The molecule has 0 bridgehead atoms. The number of likely N-dealkylation sites (tertiary alicyclic amines) is 1. The van der Waals surface area contributed by atoms with Crippen molar-refractivity contribution in [3.05, 3.63) is 35.4 Å². The van der Waals surface area contributed by atoms with Crippen LogP contribution in [0.2, 0.25) is 0 Å². The Morgan fingerprint density at radius 3 is 2.00 bits per heavy atom. The molecule has 0 amide bonds. The highest BCUT2D eigenvalue weighted by Gasteiger charge is 2.42. The first-order valence-electron chi connectivity index (χ1n) is 8.98. The summed E-state index contributed by atoms with van der Waals surface area (Å²) < 4.78 is 0. The van der Waals surface area contributed by atoms with Crippen LogP contribution in [0.3, 0.4) is 0 Å². The summed E-state index contributed by atoms with van der Waals surface area (Å²) in [7, 11) is 2.29. The van der Waals surface area contributed by atoms with Gasteiger partial charge in [-0.3, -0.25) is 4.90 Å². The van der Waals surface area contributed by atoms with Crippen LogP contribution >= 0.6 is 0 Å². The maximum Gasteiger partial charge on any atom is 0.0158 e. The molecule has 1 heterocycles. The van der Waals surface area contributed by atoms with E-state index in [9.17, 15) is 0 Å². The first-order chi connectivity index (χ1) is 10.2. The largest absolute Gasteiger partial charge is 0.296 e. The van der Waals surface area contributed by atoms with Gasteiger partial charge in [-0.15, -0.1) is 0 Å². The Hall–Kier alpha value is -0.820. The molecule has 124 valence electrons. The molecule has 1 aliphatic rings. The summed E-state index contributed by atoms with van der Waals surface area (Å²) in [6, 6.07) is 9.41. The molecule has 2 rings (SSSR count). The highest BCUT2D eigenvalue weighted by molar-refractivity contribution is 5.25. The lowest BCUT2D eigenvalue weighted by atomic mass is 9.72. The number of hydrogen-bond donors (Lipinski definition) is 0. The highest BCUT2D eigenvalue weighted by Crippen LogP contribution is 2.41. The summed E-state index contributed by atoms with van der Waals surface area (Å²) in [5.41, 5.74) is 3.58. The van der Waals surface area contributed by atoms with Gasteiger partial charge in [0.1, 0.15) is 0 Å². The average Bonchev–Trinajstić information content (AvgIpc) is 2.44. The second-order valence-electron chi connectivity index (χ2n) is 8.71. The van der Waals surface area contributed by atoms with Gasteiger partial charge in [-0.2, -0.15) is 0 Å². The van der Waals surface area contributed by atoms with Crippen molar-refractivity contribution >= 4 is 0 Å². The fourth-order valence-electron chi connectivity index (χ4n) is 4.27. The van der Waals surface area contributed by atoms with E-state index >= 15 is 0 Å². The maximum absolute atomic E-state index is 2.57. The SMILES string of the molecule is CCC(C)c1ccc(CC2CC(C)(C)N(C)C(C)(C)C2)cc1. The Kier molecular flexibility index (Phi) is 5.06. The standard InChI is InChI=1S/C21H35N/c1-8-16(2)19-11-9-17(10-12-19)13-18-14-20(3,4)22(7)21(5,6)15-18/h9-12,16,18H,8,13-15H2,1-7H3. The van der Waals surface area contributed by atoms with Crippen molar-refractivity contribution in [3.63, 3.8) is 0 Å². The Labute approximate surface area is 138 Å². The van der Waals surface area contributed by atoms with Gasteiger partial charge in [0.25, 0.3) is 0 Å². The van der Waals surface area contributed by atoms with E-state index in [0.717, 1.165) is 5.92 Å². The number of nitrogens with zero attached hydrogens (tertiary/aromatic N) is 1. The van der Waals surface area contributed by atoms with E-state index in [1.807, 2.05) is 0 Å². The van der Waals surface area contributed by atoms with E-state index in [0.29, 0.717) is 17.0 Å². The molecule has 1 aliphatic heterocycles. The molecule has 22 heavy (non-hydrogen) atoms. The quantitative estimate of drug-likeness (QED) is 0.695. The van der Waals surface area contributed by atoms with Gasteiger partial charge < -0.3 is 0 Å². The van der Waals surface area contributed by atoms with Crippen LogP contribution in [-0.2, 0) is 6.42 Å². The molecule has 0 aromatic heterocycles. The van der Waals surface area contributed by atoms with Crippen LogP contribution in [0.15, 0.2) is 24.3 Å². The zero-order valence-electron chi connectivity index (χ0n) is 15.7. The summed E-state index contributed by atoms with van der Waals surface area (Å²) in [6.07, 6.45) is 5.03. The molecule has 0 radical (unpaired) electrons. The molecule has 0 aliphatic carbocycles. The Morgan fingerprint density at radius 1 is 1.05 bits per heavy atom. The van der Waals surface area contributed by atoms with Crippen LogP contribution in [0.4, 0.5) is 0 Å². The first-order valence-corrected chi connectivity index (χ1v) is 8.98. The van der Waals surface area contributed by atoms with Crippen molar-refractivity contribution in [2.75, 3.05) is 7.05 Å². The summed E-state index contributed by atoms with van der Waals surface area (Å²) in [5.74, 6) is 1.46. The lowest BCUT2D eigenvalue weighted by Gasteiger charge is -2.54. The van der Waals surface area contributed by atoms with Crippen molar-refractivity contribution in [2.24, 2.45) is 5.92 Å². The summed E-state index contributed by atoms with van der Waals surface area (Å²) in [5, 5.41) is 0. The van der Waals surface area contributed by atoms with E-state index in [1.165, 1.54) is 36.8 Å². The molecule has 0 spiro atoms. The number of hydrogen-bond acceptors (Lipinski definition) is 1. The van der Waals surface area contributed by atoms with Crippen molar-refractivity contribution in [1.82, 2.24) is 4.90 Å². The van der Waals surface area contributed by atoms with Gasteiger partial charge in [-0.25, -0.2) is 0 Å². The van der Waals surface area contributed by atoms with Crippen LogP contribution in [0, 0.1) is 5.92 Å². The van der Waals surface area contributed by atoms with Crippen molar-refractivity contribution in [2.45, 2.75) is 84.2 Å². The molecule has 0 N–H and O–H groups in total. The van der Waals surface area contributed by atoms with Crippen molar-refractivity contribution < 1.29 is 0 Å². The van der Waals surface area contributed by atoms with Crippen LogP contribution < -0.4 is 0 Å². The van der Waals surface area contributed by atoms with E-state index in [1.54, 1.807) is 0 Å². The van der Waals surface area contributed by atoms with Crippen LogP contribution in [0.5, 0.6) is 0 Å². The fourth-order valence-corrected chi connectivity index (χ4v) is 4.27. The lowest BCUT2D eigenvalue weighted by molar-refractivity contribution is -0.0296. The number of benzene rings is 1. The summed E-state index contributed by atoms with van der Waals surface area (Å²) in [4.78, 5) is 2.57. The van der Waals surface area contributed by atoms with Crippen LogP contribution in [0.25, 0.3) is 0 Å². The molecule has 1 aromatic rings. The molecule has 1 nitrogen and oxygen atoms in total. The molecular formula is C21H35N. The second-order valence-corrected chi connectivity index (χ2v) is 8.71. The molecule has 1 fully saturated rings. The van der Waals surface area contributed by atoms with Gasteiger partial charge in [0.15, 0.2) is 0 Å². The van der Waals surface area contributed by atoms with Gasteiger partial charge in [0.05, 0.1) is 0 Å². The van der Waals surface area contributed by atoms with Gasteiger partial charge in [0.2, 0.25) is 0 Å². The molecule has 1 saturated heterocycles. The minimum atomic E-state index is 0.295. The molecule has 0 saturated carbocycles. The Balaban J connectivity index is 2.07. The van der Waals surface area contributed by atoms with E-state index in [-0.39, 0.29) is 0 Å². The van der Waals surface area contributed by atoms with Gasteiger partial charge in [-0.1, -0.05) is 38.1 Å². The predicted molar refractivity (Wildman–Crippen MR) is 97.5 cm³/mol. The second kappa shape index (κ2) is 6.35. The summed E-state index contributed by atoms with van der Waals surface area (Å²) >= 11 is 0. The molecule has 1 heteroatoms. The molecule has 1 atom stereocenters. The first kappa shape index (κ1) is 17.5. The third kappa shape index (κ3) is 3.74. The summed E-state index contributed by atoms with van der Waals surface area (Å²) in [6.45, 7) is 14.2. The predicted octanol–water partition coefficient (Wildman–Crippen LogP) is 5.64. The molecule has 1 unspecified atom stereocenters. The van der Waals surface area contributed by atoms with E-state index < -0.39 is 0 Å². The third-order valence-electron chi connectivity index (χ3n) is 6.08. The van der Waals surface area contributed by atoms with Crippen molar-refractivity contribution in [1.29, 1.82) is 0 Å². The van der Waals surface area contributed by atoms with Crippen LogP contribution in [0.1, 0.15) is 77.8 Å². The molecular weight excluding hydrogens is 266 g/mol. The zero-order valence-corrected chi connectivity index (χ0v) is 15.7. The normalized spacial score (nSPS) is 23.4. The van der Waals surface area contributed by atoms with Gasteiger partial charge >= 0.3 is 0 Å². The maximum atomic E-state index is 2.57. The van der Waals surface area contributed by atoms with E-state index in [4.69, 9.17) is 0 Å². The van der Waals surface area contributed by atoms with E-state index in [2.05, 4.69) is 77.8 Å². The lowest BCUT2D eigenvalue weighted by Crippen LogP contribution is -2.58. The van der Waals surface area contributed by atoms with Crippen LogP contribution in [-0.4, -0.2) is 23.0 Å². The van der Waals surface area contributed by atoms with Crippen molar-refractivity contribution in [3.8, 4) is 0 Å². The fraction of sp³-hybridized carbons (Fsp3) is 0.714. The van der Waals surface area contributed by atoms with Gasteiger partial charge in [-0.05, 0) is 83.4 Å². The minimum Gasteiger partial charge on any atom is -0.296 e. The zero-order chi connectivity index (χ0) is 16.5.